The van der Waals surface area contributed by atoms with Crippen LogP contribution in [0.1, 0.15) is 22.2 Å². The molecule has 0 atom stereocenters. The first kappa shape index (κ1) is 9.68. The second kappa shape index (κ2) is 3.71. The molecule has 0 saturated carbocycles. The van der Waals surface area contributed by atoms with Crippen LogP contribution in [0, 0.1) is 6.92 Å². The molecule has 0 aliphatic rings. The Kier molecular flexibility index (Phi) is 2.56. The Labute approximate surface area is 90.1 Å². The van der Waals surface area contributed by atoms with Gasteiger partial charge in [-0.2, -0.15) is 0 Å². The lowest BCUT2D eigenvalue weighted by atomic mass is 10.2. The molecule has 0 bridgehead atoms. The fourth-order valence-corrected chi connectivity index (χ4v) is 3.53. The highest BCUT2D eigenvalue weighted by molar-refractivity contribution is 7.37. The van der Waals surface area contributed by atoms with E-state index < -0.39 is 0 Å². The summed E-state index contributed by atoms with van der Waals surface area (Å²) < 4.78 is 6.18. The zero-order valence-electron chi connectivity index (χ0n) is 7.99. The van der Waals surface area contributed by atoms with Gasteiger partial charge in [0.2, 0.25) is 0 Å². The standard InChI is InChI=1S/C10H10O2S2/c1-3-12-9(11)8-5-13-10-7(8)4-6(2)14-10/h4-5H,3H2,1-2H3. The number of thiophene rings is 2. The molecule has 0 amide bonds. The van der Waals surface area contributed by atoms with Crippen LogP contribution in [0.15, 0.2) is 11.4 Å². The highest BCUT2D eigenvalue weighted by Crippen LogP contribution is 2.33. The van der Waals surface area contributed by atoms with E-state index in [4.69, 9.17) is 4.74 Å². The Balaban J connectivity index is 2.46. The molecule has 0 fully saturated rings. The van der Waals surface area contributed by atoms with Crippen molar-refractivity contribution in [1.82, 2.24) is 0 Å². The van der Waals surface area contributed by atoms with E-state index in [1.54, 1.807) is 22.7 Å². The number of carbonyl (C=O) groups is 1. The van der Waals surface area contributed by atoms with Gasteiger partial charge in [0.1, 0.15) is 0 Å². The van der Waals surface area contributed by atoms with E-state index in [1.807, 2.05) is 25.3 Å². The maximum atomic E-state index is 11.5. The van der Waals surface area contributed by atoms with Gasteiger partial charge in [-0.15, -0.1) is 22.7 Å². The first-order valence-electron chi connectivity index (χ1n) is 4.37. The van der Waals surface area contributed by atoms with Crippen LogP contribution in [0.3, 0.4) is 0 Å². The van der Waals surface area contributed by atoms with Gasteiger partial charge in [0, 0.05) is 15.6 Å². The number of hydrogen-bond donors (Lipinski definition) is 0. The number of ether oxygens (including phenoxy) is 1. The van der Waals surface area contributed by atoms with Gasteiger partial charge >= 0.3 is 5.97 Å². The molecule has 2 heterocycles. The molecule has 0 spiro atoms. The van der Waals surface area contributed by atoms with E-state index in [1.165, 1.54) is 8.89 Å². The zero-order valence-corrected chi connectivity index (χ0v) is 9.63. The van der Waals surface area contributed by atoms with Crippen molar-refractivity contribution in [2.45, 2.75) is 13.8 Å². The zero-order chi connectivity index (χ0) is 10.1. The average molecular weight is 226 g/mol. The van der Waals surface area contributed by atoms with Crippen LogP contribution >= 0.6 is 22.7 Å². The highest BCUT2D eigenvalue weighted by Gasteiger charge is 2.14. The molecule has 0 radical (unpaired) electrons. The van der Waals surface area contributed by atoms with Gasteiger partial charge in [0.25, 0.3) is 0 Å². The number of carbonyl (C=O) groups excluding carboxylic acids is 1. The molecule has 0 aromatic carbocycles. The molecular formula is C10H10O2S2. The van der Waals surface area contributed by atoms with Gasteiger partial charge in [-0.05, 0) is 19.9 Å². The van der Waals surface area contributed by atoms with Crippen molar-refractivity contribution in [2.24, 2.45) is 0 Å². The molecule has 2 aromatic rings. The molecule has 0 N–H and O–H groups in total. The molecular weight excluding hydrogens is 216 g/mol. The number of fused-ring (bicyclic) bond motifs is 1. The molecule has 0 aliphatic carbocycles. The lowest BCUT2D eigenvalue weighted by Crippen LogP contribution is -2.02. The summed E-state index contributed by atoms with van der Waals surface area (Å²) >= 11 is 3.33. The van der Waals surface area contributed by atoms with Crippen molar-refractivity contribution in [3.63, 3.8) is 0 Å². The smallest absolute Gasteiger partial charge is 0.339 e. The summed E-state index contributed by atoms with van der Waals surface area (Å²) in [5.41, 5.74) is 0.705. The fraction of sp³-hybridized carbons (Fsp3) is 0.300. The number of hydrogen-bond acceptors (Lipinski definition) is 4. The Bertz CT molecular complexity index is 467. The SMILES string of the molecule is CCOC(=O)c1csc2sc(C)cc12. The molecule has 2 aromatic heterocycles. The molecule has 0 aliphatic heterocycles. The van der Waals surface area contributed by atoms with Crippen molar-refractivity contribution in [3.05, 3.63) is 21.9 Å². The van der Waals surface area contributed by atoms with Gasteiger partial charge in [-0.3, -0.25) is 0 Å². The summed E-state index contributed by atoms with van der Waals surface area (Å²) in [7, 11) is 0. The predicted molar refractivity (Wildman–Crippen MR) is 60.4 cm³/mol. The first-order valence-corrected chi connectivity index (χ1v) is 6.06. The Morgan fingerprint density at radius 3 is 3.07 bits per heavy atom. The number of esters is 1. The number of rotatable bonds is 2. The highest BCUT2D eigenvalue weighted by atomic mass is 32.2. The molecule has 2 rings (SSSR count). The minimum atomic E-state index is -0.212. The third-order valence-corrected chi connectivity index (χ3v) is 4.06. The van der Waals surface area contributed by atoms with E-state index in [2.05, 4.69) is 0 Å². The molecule has 0 saturated heterocycles. The second-order valence-corrected chi connectivity index (χ2v) is 5.32. The van der Waals surface area contributed by atoms with Gasteiger partial charge in [0.15, 0.2) is 0 Å². The summed E-state index contributed by atoms with van der Waals surface area (Å²) in [6, 6.07) is 2.04. The Morgan fingerprint density at radius 2 is 2.36 bits per heavy atom. The largest absolute Gasteiger partial charge is 0.462 e. The lowest BCUT2D eigenvalue weighted by molar-refractivity contribution is 0.0529. The monoisotopic (exact) mass is 226 g/mol. The predicted octanol–water partition coefficient (Wildman–Crippen LogP) is 3.45. The van der Waals surface area contributed by atoms with E-state index in [0.29, 0.717) is 12.2 Å². The van der Waals surface area contributed by atoms with E-state index in [9.17, 15) is 4.79 Å². The normalized spacial score (nSPS) is 10.7. The second-order valence-electron chi connectivity index (χ2n) is 2.93. The fourth-order valence-electron chi connectivity index (χ4n) is 1.31. The van der Waals surface area contributed by atoms with Crippen LogP contribution in [0.25, 0.3) is 9.40 Å². The maximum absolute atomic E-state index is 11.5. The van der Waals surface area contributed by atoms with Gasteiger partial charge in [-0.25, -0.2) is 4.79 Å². The van der Waals surface area contributed by atoms with E-state index in [0.717, 1.165) is 5.39 Å². The van der Waals surface area contributed by atoms with Crippen LogP contribution in [0.5, 0.6) is 0 Å². The van der Waals surface area contributed by atoms with Crippen molar-refractivity contribution >= 4 is 38.0 Å². The van der Waals surface area contributed by atoms with E-state index in [-0.39, 0.29) is 5.97 Å². The minimum absolute atomic E-state index is 0.212. The van der Waals surface area contributed by atoms with Crippen molar-refractivity contribution in [1.29, 1.82) is 0 Å². The molecule has 14 heavy (non-hydrogen) atoms. The maximum Gasteiger partial charge on any atom is 0.339 e. The average Bonchev–Trinajstić information content (AvgIpc) is 2.62. The van der Waals surface area contributed by atoms with Crippen LogP contribution in [0.2, 0.25) is 0 Å². The van der Waals surface area contributed by atoms with Crippen LogP contribution in [-0.2, 0) is 4.74 Å². The van der Waals surface area contributed by atoms with Crippen LogP contribution in [-0.4, -0.2) is 12.6 Å². The molecule has 4 heteroatoms. The van der Waals surface area contributed by atoms with E-state index >= 15 is 0 Å². The Hall–Kier alpha value is -0.870. The lowest BCUT2D eigenvalue weighted by Gasteiger charge is -1.97. The van der Waals surface area contributed by atoms with Crippen LogP contribution in [0.4, 0.5) is 0 Å². The van der Waals surface area contributed by atoms with Crippen molar-refractivity contribution < 1.29 is 9.53 Å². The Morgan fingerprint density at radius 1 is 1.57 bits per heavy atom. The van der Waals surface area contributed by atoms with Crippen LogP contribution < -0.4 is 0 Å². The summed E-state index contributed by atoms with van der Waals surface area (Å²) in [5.74, 6) is -0.212. The van der Waals surface area contributed by atoms with Crippen molar-refractivity contribution in [2.75, 3.05) is 6.61 Å². The van der Waals surface area contributed by atoms with Crippen molar-refractivity contribution in [3.8, 4) is 0 Å². The van der Waals surface area contributed by atoms with Gasteiger partial charge < -0.3 is 4.74 Å². The molecule has 2 nitrogen and oxygen atoms in total. The minimum Gasteiger partial charge on any atom is -0.462 e. The summed E-state index contributed by atoms with van der Waals surface area (Å²) in [6.45, 7) is 4.30. The summed E-state index contributed by atoms with van der Waals surface area (Å²) in [4.78, 5) is 12.8. The first-order chi connectivity index (χ1) is 6.72. The number of aryl methyl sites for hydroxylation is 1. The molecule has 0 unspecified atom stereocenters. The summed E-state index contributed by atoms with van der Waals surface area (Å²) in [5, 5.41) is 2.91. The topological polar surface area (TPSA) is 26.3 Å². The quantitative estimate of drug-likeness (QED) is 0.733. The third-order valence-electron chi connectivity index (χ3n) is 1.89. The summed E-state index contributed by atoms with van der Waals surface area (Å²) in [6.07, 6.45) is 0. The third kappa shape index (κ3) is 1.55. The molecule has 74 valence electrons. The van der Waals surface area contributed by atoms with Gasteiger partial charge in [0.05, 0.1) is 16.2 Å². The van der Waals surface area contributed by atoms with Gasteiger partial charge in [-0.1, -0.05) is 0 Å².